The van der Waals surface area contributed by atoms with Crippen LogP contribution in [0.25, 0.3) is 16.6 Å². The number of hydrogen-bond donors (Lipinski definition) is 0. The Balaban J connectivity index is 1.66. The summed E-state index contributed by atoms with van der Waals surface area (Å²) in [4.78, 5) is 15.6. The van der Waals surface area contributed by atoms with Crippen LogP contribution in [0.1, 0.15) is 28.1 Å². The first-order valence-corrected chi connectivity index (χ1v) is 10.2. The molecule has 4 nitrogen and oxygen atoms in total. The number of aromatic nitrogens is 3. The van der Waals surface area contributed by atoms with E-state index in [0.29, 0.717) is 0 Å². The number of allylic oxidation sites excluding steroid dienone is 2. The van der Waals surface area contributed by atoms with Gasteiger partial charge in [-0.15, -0.1) is 27.8 Å². The molecule has 0 N–H and O–H groups in total. The van der Waals surface area contributed by atoms with Crippen molar-refractivity contribution in [2.75, 3.05) is 0 Å². The van der Waals surface area contributed by atoms with Crippen LogP contribution in [0.2, 0.25) is 0 Å². The zero-order valence-electron chi connectivity index (χ0n) is 13.8. The summed E-state index contributed by atoms with van der Waals surface area (Å²) in [6.45, 7) is 0. The Bertz CT molecular complexity index is 1090. The lowest BCUT2D eigenvalue weighted by Gasteiger charge is -2.29. The lowest BCUT2D eigenvalue weighted by molar-refractivity contribution is -0.118. The Labute approximate surface area is 158 Å². The van der Waals surface area contributed by atoms with Crippen molar-refractivity contribution >= 4 is 45.1 Å². The third kappa shape index (κ3) is 2.53. The second-order valence-electron chi connectivity index (χ2n) is 6.34. The zero-order valence-corrected chi connectivity index (χ0v) is 15.4. The summed E-state index contributed by atoms with van der Waals surface area (Å²) in [6, 6.07) is 15.7. The first-order chi connectivity index (χ1) is 12.8. The summed E-state index contributed by atoms with van der Waals surface area (Å²) in [6.07, 6.45) is 2.63. The first kappa shape index (κ1) is 15.7. The predicted octanol–water partition coefficient (Wildman–Crippen LogP) is 4.94. The van der Waals surface area contributed by atoms with Gasteiger partial charge in [-0.05, 0) is 53.1 Å². The monoisotopic (exact) mass is 377 g/mol. The maximum absolute atomic E-state index is 13.2. The Morgan fingerprint density at radius 1 is 1.00 bits per heavy atom. The molecule has 1 aromatic carbocycles. The fraction of sp³-hybridized carbons (Fsp3) is 0.150. The average molecular weight is 377 g/mol. The third-order valence-electron chi connectivity index (χ3n) is 4.82. The molecule has 3 heterocycles. The molecule has 2 atom stereocenters. The standard InChI is InChI=1S/C20H15N3OS2/c24-17-12-13(18-7-3-9-25-18)11-14(19-8-4-10-26-19)20(17)23-16-6-2-1-5-15(16)21-22-23/h1-10,12,14,20H,11H2/t14-,20+/m0/s1. The van der Waals surface area contributed by atoms with Crippen LogP contribution >= 0.6 is 22.7 Å². The molecular weight excluding hydrogens is 362 g/mol. The molecule has 5 rings (SSSR count). The van der Waals surface area contributed by atoms with E-state index in [-0.39, 0.29) is 17.7 Å². The minimum atomic E-state index is -0.357. The van der Waals surface area contributed by atoms with Gasteiger partial charge >= 0.3 is 0 Å². The van der Waals surface area contributed by atoms with Gasteiger partial charge in [0.25, 0.3) is 0 Å². The molecule has 0 unspecified atom stereocenters. The Hall–Kier alpha value is -2.57. The van der Waals surface area contributed by atoms with Gasteiger partial charge in [-0.2, -0.15) is 0 Å². The van der Waals surface area contributed by atoms with E-state index in [4.69, 9.17) is 0 Å². The van der Waals surface area contributed by atoms with E-state index in [9.17, 15) is 4.79 Å². The molecule has 1 aliphatic rings. The molecule has 1 aliphatic carbocycles. The largest absolute Gasteiger partial charge is 0.292 e. The summed E-state index contributed by atoms with van der Waals surface area (Å²) >= 11 is 3.38. The Morgan fingerprint density at radius 2 is 1.85 bits per heavy atom. The lowest BCUT2D eigenvalue weighted by atomic mass is 9.82. The molecule has 3 aromatic heterocycles. The van der Waals surface area contributed by atoms with E-state index in [0.717, 1.165) is 23.0 Å². The number of rotatable bonds is 3. The van der Waals surface area contributed by atoms with Crippen molar-refractivity contribution in [3.8, 4) is 0 Å². The van der Waals surface area contributed by atoms with Crippen molar-refractivity contribution in [3.05, 3.63) is 75.1 Å². The molecule has 0 saturated carbocycles. The number of fused-ring (bicyclic) bond motifs is 1. The van der Waals surface area contributed by atoms with Crippen LogP contribution in [0.15, 0.2) is 65.4 Å². The SMILES string of the molecule is O=C1C=C(c2cccs2)C[C@@H](c2cccs2)[C@H]1n1nnc2ccccc21. The van der Waals surface area contributed by atoms with Gasteiger partial charge in [0.15, 0.2) is 5.78 Å². The van der Waals surface area contributed by atoms with Crippen molar-refractivity contribution in [3.63, 3.8) is 0 Å². The van der Waals surface area contributed by atoms with Gasteiger partial charge in [0, 0.05) is 15.7 Å². The van der Waals surface area contributed by atoms with Crippen LogP contribution < -0.4 is 0 Å². The highest BCUT2D eigenvalue weighted by Crippen LogP contribution is 2.44. The minimum absolute atomic E-state index is 0.0645. The average Bonchev–Trinajstić information content (AvgIpc) is 3.41. The lowest BCUT2D eigenvalue weighted by Crippen LogP contribution is -2.29. The molecule has 26 heavy (non-hydrogen) atoms. The van der Waals surface area contributed by atoms with E-state index in [1.807, 2.05) is 41.1 Å². The number of hydrogen-bond acceptors (Lipinski definition) is 5. The van der Waals surface area contributed by atoms with Gasteiger partial charge in [0.2, 0.25) is 0 Å². The molecular formula is C20H15N3OS2. The molecule has 0 radical (unpaired) electrons. The number of carbonyl (C=O) groups is 1. The van der Waals surface area contributed by atoms with Gasteiger partial charge < -0.3 is 0 Å². The Kier molecular flexibility index (Phi) is 3.80. The van der Waals surface area contributed by atoms with Crippen LogP contribution in [0.4, 0.5) is 0 Å². The van der Waals surface area contributed by atoms with E-state index in [1.165, 1.54) is 9.75 Å². The highest BCUT2D eigenvalue weighted by atomic mass is 32.1. The maximum atomic E-state index is 13.2. The summed E-state index contributed by atoms with van der Waals surface area (Å²) in [5.41, 5.74) is 2.84. The smallest absolute Gasteiger partial charge is 0.181 e. The van der Waals surface area contributed by atoms with E-state index >= 15 is 0 Å². The van der Waals surface area contributed by atoms with Crippen LogP contribution in [-0.2, 0) is 4.79 Å². The number of ketones is 1. The number of nitrogens with zero attached hydrogens (tertiary/aromatic N) is 3. The normalized spacial score (nSPS) is 20.5. The molecule has 0 spiro atoms. The van der Waals surface area contributed by atoms with Crippen molar-refractivity contribution in [1.29, 1.82) is 0 Å². The molecule has 0 aliphatic heterocycles. The number of para-hydroxylation sites is 1. The van der Waals surface area contributed by atoms with Crippen molar-refractivity contribution in [1.82, 2.24) is 15.0 Å². The fourth-order valence-electron chi connectivity index (χ4n) is 3.64. The second kappa shape index (κ2) is 6.30. The van der Waals surface area contributed by atoms with Gasteiger partial charge in [0.05, 0.1) is 5.52 Å². The molecule has 6 heteroatoms. The fourth-order valence-corrected chi connectivity index (χ4v) is 5.25. The van der Waals surface area contributed by atoms with Crippen molar-refractivity contribution in [2.24, 2.45) is 0 Å². The number of carbonyl (C=O) groups excluding carboxylic acids is 1. The third-order valence-corrected chi connectivity index (χ3v) is 6.77. The zero-order chi connectivity index (χ0) is 17.5. The highest BCUT2D eigenvalue weighted by molar-refractivity contribution is 7.11. The maximum Gasteiger partial charge on any atom is 0.181 e. The van der Waals surface area contributed by atoms with Gasteiger partial charge in [-0.3, -0.25) is 4.79 Å². The van der Waals surface area contributed by atoms with Crippen LogP contribution in [0.5, 0.6) is 0 Å². The summed E-state index contributed by atoms with van der Waals surface area (Å²) in [5, 5.41) is 12.7. The highest BCUT2D eigenvalue weighted by Gasteiger charge is 2.37. The summed E-state index contributed by atoms with van der Waals surface area (Å²) in [7, 11) is 0. The molecule has 0 fully saturated rings. The molecule has 4 aromatic rings. The molecule has 128 valence electrons. The van der Waals surface area contributed by atoms with Gasteiger partial charge in [-0.1, -0.05) is 29.5 Å². The molecule has 0 bridgehead atoms. The first-order valence-electron chi connectivity index (χ1n) is 8.43. The van der Waals surface area contributed by atoms with E-state index in [2.05, 4.69) is 33.2 Å². The molecule has 0 saturated heterocycles. The molecule has 0 amide bonds. The van der Waals surface area contributed by atoms with Gasteiger partial charge in [0.1, 0.15) is 11.6 Å². The Morgan fingerprint density at radius 3 is 2.65 bits per heavy atom. The number of thiophene rings is 2. The van der Waals surface area contributed by atoms with E-state index < -0.39 is 0 Å². The van der Waals surface area contributed by atoms with Gasteiger partial charge in [-0.25, -0.2) is 4.68 Å². The summed E-state index contributed by atoms with van der Waals surface area (Å²) < 4.78 is 1.81. The van der Waals surface area contributed by atoms with Crippen LogP contribution in [0.3, 0.4) is 0 Å². The second-order valence-corrected chi connectivity index (χ2v) is 8.27. The minimum Gasteiger partial charge on any atom is -0.292 e. The van der Waals surface area contributed by atoms with Crippen LogP contribution in [0, 0.1) is 0 Å². The van der Waals surface area contributed by atoms with Crippen LogP contribution in [-0.4, -0.2) is 20.8 Å². The summed E-state index contributed by atoms with van der Waals surface area (Å²) in [5.74, 6) is 0.156. The quantitative estimate of drug-likeness (QED) is 0.508. The predicted molar refractivity (Wildman–Crippen MR) is 106 cm³/mol. The number of benzene rings is 1. The van der Waals surface area contributed by atoms with E-state index in [1.54, 1.807) is 28.7 Å². The topological polar surface area (TPSA) is 47.8 Å². The van der Waals surface area contributed by atoms with Crippen molar-refractivity contribution < 1.29 is 4.79 Å². The van der Waals surface area contributed by atoms with Crippen molar-refractivity contribution in [2.45, 2.75) is 18.4 Å².